The molecule has 0 aliphatic heterocycles. The van der Waals surface area contributed by atoms with E-state index in [9.17, 15) is 4.79 Å². The van der Waals surface area contributed by atoms with Crippen molar-refractivity contribution in [3.8, 4) is 0 Å². The van der Waals surface area contributed by atoms with Gasteiger partial charge in [-0.05, 0) is 12.1 Å². The minimum atomic E-state index is -0.449. The lowest BCUT2D eigenvalue weighted by atomic mass is 10.4. The zero-order chi connectivity index (χ0) is 12.3. The number of pyridine rings is 1. The van der Waals surface area contributed by atoms with E-state index in [4.69, 9.17) is 23.2 Å². The Labute approximate surface area is 107 Å². The molecule has 0 radical (unpaired) electrons. The first-order chi connectivity index (χ1) is 8.15. The first kappa shape index (κ1) is 11.8. The molecule has 0 unspecified atom stereocenters. The van der Waals surface area contributed by atoms with E-state index in [-0.39, 0.29) is 10.8 Å². The van der Waals surface area contributed by atoms with Gasteiger partial charge < -0.3 is 5.32 Å². The normalized spacial score (nSPS) is 10.0. The molecule has 5 nitrogen and oxygen atoms in total. The van der Waals surface area contributed by atoms with Gasteiger partial charge in [0, 0.05) is 11.2 Å². The van der Waals surface area contributed by atoms with E-state index in [1.54, 1.807) is 6.07 Å². The summed E-state index contributed by atoms with van der Waals surface area (Å²) in [5, 5.41) is 3.16. The van der Waals surface area contributed by atoms with Crippen molar-refractivity contribution in [1.29, 1.82) is 0 Å². The van der Waals surface area contributed by atoms with Crippen LogP contribution in [0.5, 0.6) is 0 Å². The number of aromatic nitrogens is 3. The number of nitrogens with one attached hydrogen (secondary N) is 1. The number of anilines is 1. The summed E-state index contributed by atoms with van der Waals surface area (Å²) in [5.41, 5.74) is 0.110. The standard InChI is InChI=1S/C10H6Cl2N4O/c11-6-1-2-14-9(3-6)16-10(17)7-4-13-5-8(12)15-7/h1-5H,(H,14,16,17). The van der Waals surface area contributed by atoms with Crippen LogP contribution in [0.1, 0.15) is 10.5 Å². The molecule has 86 valence electrons. The van der Waals surface area contributed by atoms with Gasteiger partial charge in [0.15, 0.2) is 0 Å². The number of halogens is 2. The van der Waals surface area contributed by atoms with Crippen molar-refractivity contribution in [1.82, 2.24) is 15.0 Å². The average molecular weight is 269 g/mol. The van der Waals surface area contributed by atoms with Gasteiger partial charge >= 0.3 is 0 Å². The molecular formula is C10H6Cl2N4O. The molecule has 0 aliphatic carbocycles. The highest BCUT2D eigenvalue weighted by molar-refractivity contribution is 6.31. The molecule has 2 aromatic heterocycles. The van der Waals surface area contributed by atoms with Crippen LogP contribution in [0.4, 0.5) is 5.82 Å². The van der Waals surface area contributed by atoms with Crippen LogP contribution in [0.25, 0.3) is 0 Å². The maximum Gasteiger partial charge on any atom is 0.277 e. The van der Waals surface area contributed by atoms with Crippen molar-refractivity contribution < 1.29 is 4.79 Å². The molecule has 0 aliphatic rings. The summed E-state index contributed by atoms with van der Waals surface area (Å²) in [6.07, 6.45) is 4.14. The Morgan fingerprint density at radius 3 is 2.82 bits per heavy atom. The highest BCUT2D eigenvalue weighted by Crippen LogP contribution is 2.12. The van der Waals surface area contributed by atoms with E-state index in [0.717, 1.165) is 0 Å². The Morgan fingerprint density at radius 1 is 1.29 bits per heavy atom. The van der Waals surface area contributed by atoms with Gasteiger partial charge in [0.05, 0.1) is 12.4 Å². The molecule has 1 amide bonds. The van der Waals surface area contributed by atoms with E-state index < -0.39 is 5.91 Å². The molecule has 17 heavy (non-hydrogen) atoms. The molecule has 0 aromatic carbocycles. The number of nitrogens with zero attached hydrogens (tertiary/aromatic N) is 3. The van der Waals surface area contributed by atoms with Crippen LogP contribution in [0.2, 0.25) is 10.2 Å². The molecule has 2 rings (SSSR count). The highest BCUT2D eigenvalue weighted by atomic mass is 35.5. The summed E-state index contributed by atoms with van der Waals surface area (Å²) in [4.78, 5) is 23.2. The molecule has 1 N–H and O–H groups in total. The molecule has 0 saturated heterocycles. The quantitative estimate of drug-likeness (QED) is 0.909. The summed E-state index contributed by atoms with van der Waals surface area (Å²) >= 11 is 11.4. The van der Waals surface area contributed by atoms with Crippen molar-refractivity contribution in [3.63, 3.8) is 0 Å². The van der Waals surface area contributed by atoms with Crippen LogP contribution in [0.15, 0.2) is 30.7 Å². The molecule has 0 fully saturated rings. The van der Waals surface area contributed by atoms with Gasteiger partial charge in [-0.25, -0.2) is 9.97 Å². The van der Waals surface area contributed by atoms with E-state index in [2.05, 4.69) is 20.3 Å². The van der Waals surface area contributed by atoms with Gasteiger partial charge in [-0.15, -0.1) is 0 Å². The minimum absolute atomic E-state index is 0.110. The van der Waals surface area contributed by atoms with Crippen LogP contribution in [0.3, 0.4) is 0 Å². The van der Waals surface area contributed by atoms with Crippen molar-refractivity contribution in [2.24, 2.45) is 0 Å². The summed E-state index contributed by atoms with van der Waals surface area (Å²) in [6.45, 7) is 0. The third-order valence-corrected chi connectivity index (χ3v) is 2.22. The molecule has 7 heteroatoms. The van der Waals surface area contributed by atoms with Crippen molar-refractivity contribution >= 4 is 34.9 Å². The predicted octanol–water partition coefficient (Wildman–Crippen LogP) is 2.43. The SMILES string of the molecule is O=C(Nc1cc(Cl)ccn1)c1cncc(Cl)n1. The second kappa shape index (κ2) is 5.07. The summed E-state index contributed by atoms with van der Waals surface area (Å²) in [7, 11) is 0. The second-order valence-corrected chi connectivity index (χ2v) is 3.86. The average Bonchev–Trinajstić information content (AvgIpc) is 2.29. The Morgan fingerprint density at radius 2 is 2.12 bits per heavy atom. The molecule has 0 atom stereocenters. The van der Waals surface area contributed by atoms with E-state index >= 15 is 0 Å². The first-order valence-corrected chi connectivity index (χ1v) is 5.31. The van der Waals surface area contributed by atoms with Crippen molar-refractivity contribution in [2.75, 3.05) is 5.32 Å². The topological polar surface area (TPSA) is 67.8 Å². The third-order valence-electron chi connectivity index (χ3n) is 1.80. The molecule has 0 bridgehead atoms. The lowest BCUT2D eigenvalue weighted by Gasteiger charge is -2.03. The smallest absolute Gasteiger partial charge is 0.277 e. The molecule has 0 saturated carbocycles. The van der Waals surface area contributed by atoms with E-state index in [1.165, 1.54) is 24.7 Å². The van der Waals surface area contributed by atoms with Gasteiger partial charge in [0.25, 0.3) is 5.91 Å². The maximum absolute atomic E-state index is 11.7. The van der Waals surface area contributed by atoms with Gasteiger partial charge in [-0.2, -0.15) is 0 Å². The fourth-order valence-electron chi connectivity index (χ4n) is 1.11. The number of rotatable bonds is 2. The van der Waals surface area contributed by atoms with Crippen LogP contribution in [-0.2, 0) is 0 Å². The number of hydrogen-bond donors (Lipinski definition) is 1. The van der Waals surface area contributed by atoms with Crippen LogP contribution in [-0.4, -0.2) is 20.9 Å². The summed E-state index contributed by atoms with van der Waals surface area (Å²) < 4.78 is 0. The Bertz CT molecular complexity index is 562. The highest BCUT2D eigenvalue weighted by Gasteiger charge is 2.09. The molecule has 2 heterocycles. The third kappa shape index (κ3) is 3.12. The first-order valence-electron chi connectivity index (χ1n) is 4.55. The second-order valence-electron chi connectivity index (χ2n) is 3.04. The molecule has 2 aromatic rings. The van der Waals surface area contributed by atoms with E-state index in [1.807, 2.05) is 0 Å². The van der Waals surface area contributed by atoms with Crippen LogP contribution in [0, 0.1) is 0 Å². The van der Waals surface area contributed by atoms with E-state index in [0.29, 0.717) is 10.8 Å². The van der Waals surface area contributed by atoms with Crippen molar-refractivity contribution in [2.45, 2.75) is 0 Å². The van der Waals surface area contributed by atoms with Crippen LogP contribution < -0.4 is 5.32 Å². The fourth-order valence-corrected chi connectivity index (χ4v) is 1.41. The summed E-state index contributed by atoms with van der Waals surface area (Å²) in [5.74, 6) is -0.112. The zero-order valence-corrected chi connectivity index (χ0v) is 9.90. The predicted molar refractivity (Wildman–Crippen MR) is 64.2 cm³/mol. The minimum Gasteiger partial charge on any atom is -0.305 e. The number of amides is 1. The Balaban J connectivity index is 2.17. The lowest BCUT2D eigenvalue weighted by molar-refractivity contribution is 0.102. The van der Waals surface area contributed by atoms with Gasteiger partial charge in [-0.3, -0.25) is 9.78 Å². The van der Waals surface area contributed by atoms with Crippen LogP contribution >= 0.6 is 23.2 Å². The van der Waals surface area contributed by atoms with Gasteiger partial charge in [-0.1, -0.05) is 23.2 Å². The molecular weight excluding hydrogens is 263 g/mol. The summed E-state index contributed by atoms with van der Waals surface area (Å²) in [6, 6.07) is 3.13. The largest absolute Gasteiger partial charge is 0.305 e. The fraction of sp³-hybridized carbons (Fsp3) is 0. The van der Waals surface area contributed by atoms with Gasteiger partial charge in [0.2, 0.25) is 0 Å². The molecule has 0 spiro atoms. The Kier molecular flexibility index (Phi) is 3.51. The van der Waals surface area contributed by atoms with Crippen molar-refractivity contribution in [3.05, 3.63) is 46.6 Å². The number of hydrogen-bond acceptors (Lipinski definition) is 4. The maximum atomic E-state index is 11.7. The number of carbonyl (C=O) groups is 1. The monoisotopic (exact) mass is 268 g/mol. The number of carbonyl (C=O) groups excluding carboxylic acids is 1. The zero-order valence-electron chi connectivity index (χ0n) is 8.39. The Hall–Kier alpha value is -1.72. The lowest BCUT2D eigenvalue weighted by Crippen LogP contribution is -2.14. The van der Waals surface area contributed by atoms with Gasteiger partial charge in [0.1, 0.15) is 16.7 Å².